The number of hydrogen-bond acceptors (Lipinski definition) is 5. The number of alkyl halides is 1. The summed E-state index contributed by atoms with van der Waals surface area (Å²) < 4.78 is 21.7. The Morgan fingerprint density at radius 1 is 1.10 bits per heavy atom. The Labute approximate surface area is 263 Å². The molecular weight excluding hydrogens is 600 g/mol. The summed E-state index contributed by atoms with van der Waals surface area (Å²) in [7, 11) is 0. The van der Waals surface area contributed by atoms with Crippen LogP contribution in [0.4, 0.5) is 4.39 Å². The second kappa shape index (κ2) is 16.2. The van der Waals surface area contributed by atoms with E-state index in [0.29, 0.717) is 11.5 Å². The average molecular weight is 639 g/mol. The number of hydrogen-bond donors (Lipinski definition) is 1. The number of aromatic nitrogens is 2. The minimum absolute atomic E-state index is 0. The van der Waals surface area contributed by atoms with Gasteiger partial charge in [-0.05, 0) is 42.9 Å². The molecule has 8 nitrogen and oxygen atoms in total. The van der Waals surface area contributed by atoms with Crippen LogP contribution in [0.1, 0.15) is 43.0 Å². The monoisotopic (exact) mass is 638 g/mol. The molecular formula is C25H39FN4O4S5. The molecule has 1 aromatic heterocycles. The van der Waals surface area contributed by atoms with Crippen LogP contribution in [-0.2, 0) is 14.3 Å². The molecule has 2 aromatic rings. The molecule has 1 saturated carbocycles. The van der Waals surface area contributed by atoms with Gasteiger partial charge in [0.1, 0.15) is 31.0 Å². The molecule has 0 radical (unpaired) electrons. The zero-order valence-electron chi connectivity index (χ0n) is 21.6. The van der Waals surface area contributed by atoms with Crippen LogP contribution in [0.3, 0.4) is 0 Å². The first-order valence-electron chi connectivity index (χ1n) is 11.9. The van der Waals surface area contributed by atoms with Gasteiger partial charge in [0.05, 0.1) is 12.9 Å². The van der Waals surface area contributed by atoms with Gasteiger partial charge < -0.3 is 19.5 Å². The first-order valence-corrected chi connectivity index (χ1v) is 11.9. The Kier molecular flexibility index (Phi) is 15.7. The lowest BCUT2D eigenvalue weighted by Crippen LogP contribution is -2.55. The Balaban J connectivity index is 0.00000289. The number of carbonyl (C=O) groups excluding carboxylic acids is 3. The average Bonchev–Trinajstić information content (AvgIpc) is 3.58. The number of amides is 2. The second-order valence-corrected chi connectivity index (χ2v) is 9.68. The third-order valence-corrected chi connectivity index (χ3v) is 7.40. The Bertz CT molecular complexity index is 1090. The van der Waals surface area contributed by atoms with Crippen molar-refractivity contribution in [2.45, 2.75) is 57.0 Å². The van der Waals surface area contributed by atoms with Gasteiger partial charge in [0.15, 0.2) is 5.78 Å². The molecule has 1 N–H and O–H groups in total. The van der Waals surface area contributed by atoms with Gasteiger partial charge in [-0.2, -0.15) is 67.5 Å². The number of rotatable bonds is 5. The van der Waals surface area contributed by atoms with E-state index in [2.05, 4.69) is 17.2 Å². The van der Waals surface area contributed by atoms with Crippen LogP contribution in [0.5, 0.6) is 0 Å². The smallest absolute Gasteiger partial charge is 0.252 e. The van der Waals surface area contributed by atoms with Gasteiger partial charge >= 0.3 is 0 Å². The molecule has 220 valence electrons. The number of likely N-dealkylation sites (tertiary alicyclic amines) is 1. The van der Waals surface area contributed by atoms with Gasteiger partial charge in [-0.25, -0.2) is 9.37 Å². The van der Waals surface area contributed by atoms with Crippen molar-refractivity contribution in [3.8, 4) is 5.69 Å². The van der Waals surface area contributed by atoms with Gasteiger partial charge in [-0.3, -0.25) is 14.4 Å². The SMILES string of the molecule is CC1CCC([C@H](NC(=O)c2cccc(-n3ccnc3)c2)C(=O)N2C[C@H](F)[C@H]3OCC(=O)[C@H]32)CC1.S.S.S.S.S. The van der Waals surface area contributed by atoms with Crippen molar-refractivity contribution in [3.63, 3.8) is 0 Å². The van der Waals surface area contributed by atoms with Crippen molar-refractivity contribution in [2.75, 3.05) is 13.2 Å². The van der Waals surface area contributed by atoms with Crippen LogP contribution < -0.4 is 5.32 Å². The van der Waals surface area contributed by atoms with Gasteiger partial charge in [-0.1, -0.05) is 25.8 Å². The number of ketones is 1. The number of carbonyl (C=O) groups is 3. The van der Waals surface area contributed by atoms with E-state index >= 15 is 0 Å². The predicted octanol–water partition coefficient (Wildman–Crippen LogP) is 2.88. The summed E-state index contributed by atoms with van der Waals surface area (Å²) in [6.45, 7) is 1.81. The Hall–Kier alpha value is -1.32. The number of nitrogens with one attached hydrogen (secondary N) is 1. The maximum Gasteiger partial charge on any atom is 0.252 e. The summed E-state index contributed by atoms with van der Waals surface area (Å²) >= 11 is 0. The van der Waals surface area contributed by atoms with Crippen molar-refractivity contribution in [1.29, 1.82) is 0 Å². The molecule has 1 aromatic carbocycles. The lowest BCUT2D eigenvalue weighted by atomic mass is 9.78. The van der Waals surface area contributed by atoms with Crippen LogP contribution in [0.25, 0.3) is 5.69 Å². The number of halogens is 1. The topological polar surface area (TPSA) is 93.5 Å². The van der Waals surface area contributed by atoms with E-state index in [1.165, 1.54) is 4.90 Å². The number of imidazole rings is 1. The highest BCUT2D eigenvalue weighted by Gasteiger charge is 2.54. The molecule has 39 heavy (non-hydrogen) atoms. The third kappa shape index (κ3) is 7.91. The van der Waals surface area contributed by atoms with E-state index < -0.39 is 30.3 Å². The summed E-state index contributed by atoms with van der Waals surface area (Å²) in [4.78, 5) is 44.7. The minimum Gasteiger partial charge on any atom is -0.365 e. The van der Waals surface area contributed by atoms with E-state index in [4.69, 9.17) is 4.74 Å². The van der Waals surface area contributed by atoms with Crippen LogP contribution in [0.2, 0.25) is 0 Å². The normalized spacial score (nSPS) is 25.8. The van der Waals surface area contributed by atoms with Crippen LogP contribution in [0.15, 0.2) is 43.0 Å². The number of nitrogens with zero attached hydrogens (tertiary/aromatic N) is 3. The molecule has 3 heterocycles. The van der Waals surface area contributed by atoms with Crippen LogP contribution in [0, 0.1) is 11.8 Å². The molecule has 2 amide bonds. The first-order chi connectivity index (χ1) is 16.4. The van der Waals surface area contributed by atoms with Gasteiger partial charge in [-0.15, -0.1) is 0 Å². The lowest BCUT2D eigenvalue weighted by Gasteiger charge is -2.35. The molecule has 0 unspecified atom stereocenters. The molecule has 14 heteroatoms. The van der Waals surface area contributed by atoms with E-state index in [9.17, 15) is 18.8 Å². The summed E-state index contributed by atoms with van der Waals surface area (Å²) in [6, 6.07) is 5.33. The number of Topliss-reactive ketones (excluding diaryl/α,β-unsaturated/α-hetero) is 1. The molecule has 5 rings (SSSR count). The molecule has 0 bridgehead atoms. The fraction of sp³-hybridized carbons (Fsp3) is 0.520. The molecule has 2 saturated heterocycles. The van der Waals surface area contributed by atoms with Crippen molar-refractivity contribution in [1.82, 2.24) is 19.8 Å². The zero-order chi connectivity index (χ0) is 23.8. The molecule has 3 fully saturated rings. The first kappa shape index (κ1) is 37.7. The third-order valence-electron chi connectivity index (χ3n) is 7.40. The number of fused-ring (bicyclic) bond motifs is 1. The Morgan fingerprint density at radius 2 is 1.79 bits per heavy atom. The number of ether oxygens (including phenoxy) is 1. The Morgan fingerprint density at radius 3 is 2.44 bits per heavy atom. The summed E-state index contributed by atoms with van der Waals surface area (Å²) in [5, 5.41) is 2.95. The van der Waals surface area contributed by atoms with Crippen molar-refractivity contribution < 1.29 is 23.5 Å². The maximum absolute atomic E-state index is 14.6. The van der Waals surface area contributed by atoms with Crippen molar-refractivity contribution >= 4 is 85.1 Å². The van der Waals surface area contributed by atoms with E-state index in [-0.39, 0.29) is 98.2 Å². The van der Waals surface area contributed by atoms with Crippen molar-refractivity contribution in [2.24, 2.45) is 11.8 Å². The molecule has 1 aliphatic carbocycles. The summed E-state index contributed by atoms with van der Waals surface area (Å²) in [5.74, 6) is -0.563. The molecule has 2 aliphatic heterocycles. The molecule has 0 spiro atoms. The van der Waals surface area contributed by atoms with Gasteiger partial charge in [0.25, 0.3) is 5.91 Å². The largest absolute Gasteiger partial charge is 0.365 e. The van der Waals surface area contributed by atoms with Gasteiger partial charge in [0.2, 0.25) is 5.91 Å². The van der Waals surface area contributed by atoms with E-state index in [1.807, 2.05) is 6.07 Å². The molecule has 4 atom stereocenters. The maximum atomic E-state index is 14.6. The summed E-state index contributed by atoms with van der Waals surface area (Å²) in [5.41, 5.74) is 1.19. The highest BCUT2D eigenvalue weighted by atomic mass is 32.1. The fourth-order valence-electron chi connectivity index (χ4n) is 5.45. The highest BCUT2D eigenvalue weighted by molar-refractivity contribution is 7.60. The highest BCUT2D eigenvalue weighted by Crippen LogP contribution is 2.34. The van der Waals surface area contributed by atoms with Gasteiger partial charge in [0, 0.05) is 23.6 Å². The van der Waals surface area contributed by atoms with Crippen LogP contribution in [-0.4, -0.2) is 69.6 Å². The predicted molar refractivity (Wildman–Crippen MR) is 173 cm³/mol. The quantitative estimate of drug-likeness (QED) is 0.544. The molecule has 3 aliphatic rings. The minimum atomic E-state index is -1.41. The standard InChI is InChI=1S/C25H29FN4O4.5H2S/c1-15-5-7-16(8-6-15)21(25(33)30-12-19(26)23-22(30)20(31)13-34-23)28-24(32)17-3-2-4-18(11-17)29-10-9-27-14-29;;;;;/h2-4,9-11,14-16,19,21-23H,5-8,12-13H2,1H3,(H,28,32);5*1H2/t15?,16?,19-,21-,22+,23+;;;;;/m0...../s1. The summed E-state index contributed by atoms with van der Waals surface area (Å²) in [6.07, 6.45) is 6.26. The van der Waals surface area contributed by atoms with Crippen LogP contribution >= 0.6 is 67.5 Å². The second-order valence-electron chi connectivity index (χ2n) is 9.68. The van der Waals surface area contributed by atoms with E-state index in [0.717, 1.165) is 31.4 Å². The number of benzene rings is 1. The van der Waals surface area contributed by atoms with Crippen molar-refractivity contribution in [3.05, 3.63) is 48.5 Å². The lowest BCUT2D eigenvalue weighted by molar-refractivity contribution is -0.139. The zero-order valence-corrected chi connectivity index (χ0v) is 26.6. The van der Waals surface area contributed by atoms with E-state index in [1.54, 1.807) is 41.5 Å². The fourth-order valence-corrected chi connectivity index (χ4v) is 5.45.